The molecule has 25 nitrogen and oxygen atoms in total. The van der Waals surface area contributed by atoms with Crippen LogP contribution < -0.4 is 5.73 Å². The van der Waals surface area contributed by atoms with Crippen molar-refractivity contribution in [3.8, 4) is 0 Å². The Bertz CT molecular complexity index is 1470. The van der Waals surface area contributed by atoms with Gasteiger partial charge in [0.1, 0.15) is 31.5 Å². The molecule has 0 amide bonds. The maximum absolute atomic E-state index is 14.7. The van der Waals surface area contributed by atoms with Gasteiger partial charge in [-0.25, -0.2) is 4.57 Å². The zero-order chi connectivity index (χ0) is 43.4. The Kier molecular flexibility index (Phi) is 18.4. The van der Waals surface area contributed by atoms with E-state index in [0.717, 1.165) is 55.4 Å². The molecule has 322 valence electrons. The summed E-state index contributed by atoms with van der Waals surface area (Å²) in [5, 5.41) is 9.42. The lowest BCUT2D eigenvalue weighted by molar-refractivity contribution is -0.304. The number of nitrogens with two attached hydrogens (primary N) is 1. The van der Waals surface area contributed by atoms with Crippen LogP contribution in [0.4, 0.5) is 0 Å². The van der Waals surface area contributed by atoms with E-state index in [2.05, 4.69) is 0 Å². The molecule has 3 N–H and O–H groups in total. The number of carboxylic acids is 1. The molecule has 2 fully saturated rings. The lowest BCUT2D eigenvalue weighted by atomic mass is 9.98. The topological polar surface area (TPSA) is 337 Å². The van der Waals surface area contributed by atoms with Gasteiger partial charge in [-0.2, -0.15) is 0 Å². The summed E-state index contributed by atoms with van der Waals surface area (Å²) in [4.78, 5) is 109. The van der Waals surface area contributed by atoms with Gasteiger partial charge in [0, 0.05) is 55.4 Å². The van der Waals surface area contributed by atoms with Gasteiger partial charge in [-0.3, -0.25) is 56.7 Å². The van der Waals surface area contributed by atoms with E-state index >= 15 is 0 Å². The maximum atomic E-state index is 14.7. The minimum atomic E-state index is -5.64. The van der Waals surface area contributed by atoms with Gasteiger partial charge in [-0.1, -0.05) is 0 Å². The highest BCUT2D eigenvalue weighted by molar-refractivity contribution is 7.48. The summed E-state index contributed by atoms with van der Waals surface area (Å²) in [7, 11) is -5.64. The second kappa shape index (κ2) is 21.7. The summed E-state index contributed by atoms with van der Waals surface area (Å²) in [6.45, 7) is 4.75. The van der Waals surface area contributed by atoms with Crippen LogP contribution in [0.5, 0.6) is 0 Å². The second-order valence-electron chi connectivity index (χ2n) is 12.0. The second-order valence-corrected chi connectivity index (χ2v) is 13.6. The number of hydrogen-bond donors (Lipinski definition) is 2. The van der Waals surface area contributed by atoms with Crippen molar-refractivity contribution in [1.29, 1.82) is 0 Å². The summed E-state index contributed by atoms with van der Waals surface area (Å²) in [5.74, 6) is -9.77. The number of esters is 8. The van der Waals surface area contributed by atoms with E-state index < -0.39 is 149 Å². The summed E-state index contributed by atoms with van der Waals surface area (Å²) in [5.41, 5.74) is 5.57. The van der Waals surface area contributed by atoms with Crippen LogP contribution in [0.15, 0.2) is 0 Å². The van der Waals surface area contributed by atoms with Crippen LogP contribution in [0.1, 0.15) is 55.4 Å². The van der Waals surface area contributed by atoms with Gasteiger partial charge in [0.15, 0.2) is 36.6 Å². The fraction of sp³-hybridized carbons (Fsp3) is 0.710. The van der Waals surface area contributed by atoms with Crippen LogP contribution in [0.3, 0.4) is 0 Å². The average molecular weight is 846 g/mol. The molecule has 2 heterocycles. The first-order chi connectivity index (χ1) is 26.4. The van der Waals surface area contributed by atoms with E-state index in [1.54, 1.807) is 0 Å². The first kappa shape index (κ1) is 48.4. The monoisotopic (exact) mass is 845 g/mol. The molecule has 2 saturated heterocycles. The van der Waals surface area contributed by atoms with Crippen molar-refractivity contribution in [3.63, 3.8) is 0 Å². The smallest absolute Gasteiger partial charge is 0.479 e. The van der Waals surface area contributed by atoms with E-state index in [4.69, 9.17) is 66.7 Å². The van der Waals surface area contributed by atoms with Crippen LogP contribution in [0.25, 0.3) is 0 Å². The van der Waals surface area contributed by atoms with Crippen molar-refractivity contribution < 1.29 is 114 Å². The molecule has 0 aromatic carbocycles. The van der Waals surface area contributed by atoms with Gasteiger partial charge in [0.2, 0.25) is 12.6 Å². The third kappa shape index (κ3) is 15.6. The van der Waals surface area contributed by atoms with Gasteiger partial charge in [0.05, 0.1) is 6.61 Å². The molecular formula is C31H44NO24P. The van der Waals surface area contributed by atoms with Crippen molar-refractivity contribution in [2.75, 3.05) is 19.8 Å². The largest absolute Gasteiger partial charge is 0.480 e. The van der Waals surface area contributed by atoms with E-state index in [0.29, 0.717) is 0 Å². The predicted octanol–water partition coefficient (Wildman–Crippen LogP) is -1.28. The maximum Gasteiger partial charge on any atom is 0.479 e. The van der Waals surface area contributed by atoms with Crippen molar-refractivity contribution in [2.45, 2.75) is 123 Å². The molecule has 0 spiro atoms. The summed E-state index contributed by atoms with van der Waals surface area (Å²) in [6.07, 6.45) is -19.2. The minimum absolute atomic E-state index is 0.771. The zero-order valence-corrected chi connectivity index (χ0v) is 32.7. The minimum Gasteiger partial charge on any atom is -0.480 e. The Labute approximate surface area is 323 Å². The highest BCUT2D eigenvalue weighted by Gasteiger charge is 2.58. The van der Waals surface area contributed by atoms with Crippen molar-refractivity contribution in [3.05, 3.63) is 0 Å². The molecular weight excluding hydrogens is 801 g/mol. The standard InChI is InChI=1S/C31H44NO24P/c1-12(33)44-10-21-23(47-14(3)35)25(49-16(5)37)27(51-18(7)39)30(53-21)55-57(43,46-9-20(32)29(41)42)56-31-28(52-19(8)40)26(50-17(6)38)24(48-15(4)36)22(54-31)11-45-13(2)34/h20-28,30-31H,9-11,32H2,1-8H3,(H,41,42)/t20-,21+,22+,23+,24+,25-,26-,27-,28-,30+,31+/m0/s1. The molecule has 26 heteroatoms. The normalized spacial score (nSPS) is 28.5. The first-order valence-corrected chi connectivity index (χ1v) is 18.1. The van der Waals surface area contributed by atoms with Gasteiger partial charge >= 0.3 is 61.5 Å². The Morgan fingerprint density at radius 1 is 0.526 bits per heavy atom. The lowest BCUT2D eigenvalue weighted by Crippen LogP contribution is -2.63. The number of rotatable bonds is 18. The SMILES string of the molecule is CC(=O)OC[C@H]1O[C@H](OP(=O)(OC[C@H](N)C(=O)O)O[C@H]2O[C@H](COC(C)=O)[C@@H](OC(C)=O)[C@H](OC(C)=O)[C@@H]2OC(C)=O)[C@@H](OC(C)=O)[C@@H](OC(C)=O)[C@@H]1OC(C)=O. The summed E-state index contributed by atoms with van der Waals surface area (Å²) >= 11 is 0. The molecule has 0 aliphatic carbocycles. The van der Waals surface area contributed by atoms with Crippen molar-refractivity contribution in [1.82, 2.24) is 0 Å². The molecule has 2 rings (SSSR count). The summed E-state index contributed by atoms with van der Waals surface area (Å²) < 4.78 is 84.6. The molecule has 11 atom stereocenters. The molecule has 0 aromatic rings. The third-order valence-electron chi connectivity index (χ3n) is 7.09. The van der Waals surface area contributed by atoms with Gasteiger partial charge in [-0.15, -0.1) is 0 Å². The molecule has 0 unspecified atom stereocenters. The highest BCUT2D eigenvalue weighted by Crippen LogP contribution is 2.55. The quantitative estimate of drug-likeness (QED) is 0.0922. The lowest BCUT2D eigenvalue weighted by Gasteiger charge is -2.45. The fourth-order valence-electron chi connectivity index (χ4n) is 5.13. The fourth-order valence-corrected chi connectivity index (χ4v) is 6.49. The van der Waals surface area contributed by atoms with Crippen LogP contribution in [-0.2, 0) is 109 Å². The molecule has 2 aliphatic rings. The van der Waals surface area contributed by atoms with Crippen LogP contribution in [0.2, 0.25) is 0 Å². The van der Waals surface area contributed by atoms with Gasteiger partial charge < -0.3 is 58.2 Å². The van der Waals surface area contributed by atoms with E-state index in [1.165, 1.54) is 0 Å². The van der Waals surface area contributed by atoms with Crippen LogP contribution in [0, 0.1) is 0 Å². The number of carbonyl (C=O) groups excluding carboxylic acids is 8. The number of phosphoric ester groups is 1. The van der Waals surface area contributed by atoms with Crippen molar-refractivity contribution >= 4 is 61.5 Å². The number of phosphoric acid groups is 1. The highest BCUT2D eigenvalue weighted by atomic mass is 31.2. The zero-order valence-electron chi connectivity index (χ0n) is 31.8. The van der Waals surface area contributed by atoms with Crippen LogP contribution in [-0.4, -0.2) is 146 Å². The Morgan fingerprint density at radius 2 is 0.825 bits per heavy atom. The average Bonchev–Trinajstić information content (AvgIpc) is 3.06. The Hall–Kier alpha value is -4.78. The van der Waals surface area contributed by atoms with Gasteiger partial charge in [-0.05, 0) is 0 Å². The number of carboxylic acid groups (broad SMARTS) is 1. The van der Waals surface area contributed by atoms with Crippen LogP contribution >= 0.6 is 7.82 Å². The van der Waals surface area contributed by atoms with E-state index in [-0.39, 0.29) is 0 Å². The molecule has 2 aliphatic heterocycles. The molecule has 0 aromatic heterocycles. The number of aliphatic carboxylic acids is 1. The third-order valence-corrected chi connectivity index (χ3v) is 8.49. The number of carbonyl (C=O) groups is 9. The molecule has 0 saturated carbocycles. The molecule has 0 radical (unpaired) electrons. The number of ether oxygens (including phenoxy) is 10. The van der Waals surface area contributed by atoms with E-state index in [9.17, 15) is 52.8 Å². The number of hydrogen-bond acceptors (Lipinski definition) is 24. The first-order valence-electron chi connectivity index (χ1n) is 16.6. The summed E-state index contributed by atoms with van der Waals surface area (Å²) in [6, 6.07) is -1.95. The Morgan fingerprint density at radius 3 is 1.11 bits per heavy atom. The van der Waals surface area contributed by atoms with Gasteiger partial charge in [0.25, 0.3) is 0 Å². The van der Waals surface area contributed by atoms with E-state index in [1.807, 2.05) is 0 Å². The molecule has 57 heavy (non-hydrogen) atoms. The van der Waals surface area contributed by atoms with Crippen molar-refractivity contribution in [2.24, 2.45) is 5.73 Å². The Balaban J connectivity index is 2.83. The molecule has 0 bridgehead atoms. The predicted molar refractivity (Wildman–Crippen MR) is 175 cm³/mol.